The van der Waals surface area contributed by atoms with Crippen LogP contribution in [0.1, 0.15) is 10.7 Å². The molecule has 0 radical (unpaired) electrons. The number of hydrogen-bond acceptors (Lipinski definition) is 7. The van der Waals surface area contributed by atoms with E-state index >= 15 is 0 Å². The Morgan fingerprint density at radius 1 is 1.28 bits per heavy atom. The van der Waals surface area contributed by atoms with Crippen molar-refractivity contribution in [3.8, 4) is 0 Å². The number of nitrogens with zero attached hydrogens (tertiary/aromatic N) is 3. The molecule has 0 spiro atoms. The van der Waals surface area contributed by atoms with E-state index in [0.717, 1.165) is 27.5 Å². The first-order valence-corrected chi connectivity index (χ1v) is 7.57. The Kier molecular flexibility index (Phi) is 4.38. The fourth-order valence-electron chi connectivity index (χ4n) is 1.39. The molecule has 0 amide bonds. The molecule has 2 heterocycles. The first kappa shape index (κ1) is 13.1. The van der Waals surface area contributed by atoms with Crippen LogP contribution in [0, 0.1) is 6.92 Å². The van der Waals surface area contributed by atoms with E-state index in [4.69, 9.17) is 0 Å². The highest BCUT2D eigenvalue weighted by Crippen LogP contribution is 2.18. The van der Waals surface area contributed by atoms with Gasteiger partial charge in [-0.3, -0.25) is 0 Å². The van der Waals surface area contributed by atoms with E-state index in [2.05, 4.69) is 25.6 Å². The van der Waals surface area contributed by atoms with E-state index < -0.39 is 0 Å². The summed E-state index contributed by atoms with van der Waals surface area (Å²) in [6, 6.07) is 1.89. The number of thioether (sulfide) groups is 1. The highest BCUT2D eigenvalue weighted by Gasteiger charge is 2.04. The van der Waals surface area contributed by atoms with Gasteiger partial charge in [-0.2, -0.15) is 0 Å². The third-order valence-electron chi connectivity index (χ3n) is 2.23. The summed E-state index contributed by atoms with van der Waals surface area (Å²) >= 11 is 3.17. The molecular weight excluding hydrogens is 266 g/mol. The molecule has 0 aliphatic carbocycles. The number of anilines is 2. The zero-order valence-electron chi connectivity index (χ0n) is 10.5. The SMILES string of the molecule is CNc1cc(NCc2nc(C)cs2)nc(SC)n1. The van der Waals surface area contributed by atoms with Crippen LogP contribution in [0.2, 0.25) is 0 Å². The van der Waals surface area contributed by atoms with Crippen molar-refractivity contribution < 1.29 is 0 Å². The van der Waals surface area contributed by atoms with Crippen LogP contribution in [0.15, 0.2) is 16.6 Å². The lowest BCUT2D eigenvalue weighted by Crippen LogP contribution is -2.04. The van der Waals surface area contributed by atoms with Crippen LogP contribution in [0.5, 0.6) is 0 Å². The Hall–Kier alpha value is -1.34. The van der Waals surface area contributed by atoms with E-state index in [1.54, 1.807) is 11.3 Å². The van der Waals surface area contributed by atoms with Crippen molar-refractivity contribution in [2.45, 2.75) is 18.6 Å². The van der Waals surface area contributed by atoms with Crippen LogP contribution < -0.4 is 10.6 Å². The molecule has 5 nitrogen and oxygen atoms in total. The van der Waals surface area contributed by atoms with Gasteiger partial charge in [-0.25, -0.2) is 15.0 Å². The van der Waals surface area contributed by atoms with Crippen molar-refractivity contribution in [1.82, 2.24) is 15.0 Å². The molecule has 2 aromatic rings. The molecule has 2 N–H and O–H groups in total. The third kappa shape index (κ3) is 3.33. The Balaban J connectivity index is 2.08. The molecule has 7 heteroatoms. The third-order valence-corrected chi connectivity index (χ3v) is 3.75. The summed E-state index contributed by atoms with van der Waals surface area (Å²) in [7, 11) is 1.85. The molecule has 18 heavy (non-hydrogen) atoms. The van der Waals surface area contributed by atoms with Gasteiger partial charge in [0.1, 0.15) is 16.6 Å². The highest BCUT2D eigenvalue weighted by atomic mass is 32.2. The average molecular weight is 281 g/mol. The molecule has 0 aromatic carbocycles. The molecule has 0 saturated carbocycles. The van der Waals surface area contributed by atoms with Gasteiger partial charge in [0.15, 0.2) is 5.16 Å². The van der Waals surface area contributed by atoms with Gasteiger partial charge in [-0.15, -0.1) is 11.3 Å². The van der Waals surface area contributed by atoms with Crippen LogP contribution in [0.4, 0.5) is 11.6 Å². The van der Waals surface area contributed by atoms with Crippen LogP contribution in [0.3, 0.4) is 0 Å². The molecule has 2 rings (SSSR count). The Morgan fingerprint density at radius 3 is 2.67 bits per heavy atom. The van der Waals surface area contributed by atoms with Crippen molar-refractivity contribution in [2.24, 2.45) is 0 Å². The second-order valence-corrected chi connectivity index (χ2v) is 5.33. The van der Waals surface area contributed by atoms with E-state index in [0.29, 0.717) is 6.54 Å². The monoisotopic (exact) mass is 281 g/mol. The average Bonchev–Trinajstić information content (AvgIpc) is 2.81. The van der Waals surface area contributed by atoms with Gasteiger partial charge < -0.3 is 10.6 Å². The number of rotatable bonds is 5. The second kappa shape index (κ2) is 6.01. The molecule has 2 aromatic heterocycles. The largest absolute Gasteiger partial charge is 0.373 e. The van der Waals surface area contributed by atoms with Crippen molar-refractivity contribution in [2.75, 3.05) is 23.9 Å². The van der Waals surface area contributed by atoms with E-state index in [1.807, 2.05) is 31.7 Å². The normalized spacial score (nSPS) is 10.4. The molecule has 0 saturated heterocycles. The smallest absolute Gasteiger partial charge is 0.191 e. The maximum absolute atomic E-state index is 4.40. The summed E-state index contributed by atoms with van der Waals surface area (Å²) in [5, 5.41) is 10.1. The Labute approximate surface area is 114 Å². The maximum Gasteiger partial charge on any atom is 0.191 e. The molecular formula is C11H15N5S2. The van der Waals surface area contributed by atoms with Gasteiger partial charge in [0.25, 0.3) is 0 Å². The summed E-state index contributed by atoms with van der Waals surface area (Å²) in [6.45, 7) is 2.68. The van der Waals surface area contributed by atoms with Crippen LogP contribution in [-0.2, 0) is 6.54 Å². The highest BCUT2D eigenvalue weighted by molar-refractivity contribution is 7.98. The first-order valence-electron chi connectivity index (χ1n) is 5.47. The van der Waals surface area contributed by atoms with Gasteiger partial charge in [0.2, 0.25) is 0 Å². The summed E-state index contributed by atoms with van der Waals surface area (Å²) in [6.07, 6.45) is 1.96. The molecule has 0 fully saturated rings. The number of hydrogen-bond donors (Lipinski definition) is 2. The number of thiazole rings is 1. The minimum absolute atomic E-state index is 0.687. The lowest BCUT2D eigenvalue weighted by molar-refractivity contribution is 0.953. The predicted molar refractivity (Wildman–Crippen MR) is 77.5 cm³/mol. The predicted octanol–water partition coefficient (Wildman–Crippen LogP) is 2.62. The Morgan fingerprint density at radius 2 is 2.06 bits per heavy atom. The van der Waals surface area contributed by atoms with Crippen molar-refractivity contribution >= 4 is 34.7 Å². The molecule has 0 unspecified atom stereocenters. The lowest BCUT2D eigenvalue weighted by atomic mass is 10.5. The standard InChI is InChI=1S/C11H15N5S2/c1-7-6-18-10(14-7)5-13-9-4-8(12-2)15-11(16-9)17-3/h4,6H,5H2,1-3H3,(H2,12,13,15,16). The quantitative estimate of drug-likeness (QED) is 0.649. The molecule has 0 bridgehead atoms. The molecule has 0 aliphatic heterocycles. The number of aryl methyl sites for hydroxylation is 1. The van der Waals surface area contributed by atoms with Crippen LogP contribution in [0.25, 0.3) is 0 Å². The topological polar surface area (TPSA) is 62.7 Å². The van der Waals surface area contributed by atoms with Crippen molar-refractivity contribution in [3.63, 3.8) is 0 Å². The fraction of sp³-hybridized carbons (Fsp3) is 0.364. The molecule has 0 atom stereocenters. The van der Waals surface area contributed by atoms with Gasteiger partial charge in [-0.05, 0) is 13.2 Å². The zero-order valence-corrected chi connectivity index (χ0v) is 12.2. The minimum atomic E-state index is 0.687. The molecule has 0 aliphatic rings. The van der Waals surface area contributed by atoms with Gasteiger partial charge in [0, 0.05) is 24.2 Å². The van der Waals surface area contributed by atoms with Crippen LogP contribution in [-0.4, -0.2) is 28.3 Å². The zero-order chi connectivity index (χ0) is 13.0. The van der Waals surface area contributed by atoms with E-state index in [-0.39, 0.29) is 0 Å². The lowest BCUT2D eigenvalue weighted by Gasteiger charge is -2.07. The van der Waals surface area contributed by atoms with Gasteiger partial charge in [0.05, 0.1) is 6.54 Å². The summed E-state index contributed by atoms with van der Waals surface area (Å²) in [5.41, 5.74) is 1.06. The summed E-state index contributed by atoms with van der Waals surface area (Å²) in [5.74, 6) is 1.62. The van der Waals surface area contributed by atoms with Gasteiger partial charge in [-0.1, -0.05) is 11.8 Å². The van der Waals surface area contributed by atoms with Crippen molar-refractivity contribution in [3.05, 3.63) is 22.1 Å². The maximum atomic E-state index is 4.40. The number of aromatic nitrogens is 3. The van der Waals surface area contributed by atoms with Crippen LogP contribution >= 0.6 is 23.1 Å². The van der Waals surface area contributed by atoms with E-state index in [1.165, 1.54) is 11.8 Å². The summed E-state index contributed by atoms with van der Waals surface area (Å²) < 4.78 is 0. The Bertz CT molecular complexity index is 504. The minimum Gasteiger partial charge on any atom is -0.373 e. The van der Waals surface area contributed by atoms with E-state index in [9.17, 15) is 0 Å². The summed E-state index contributed by atoms with van der Waals surface area (Å²) in [4.78, 5) is 13.1. The first-order chi connectivity index (χ1) is 8.71. The van der Waals surface area contributed by atoms with Gasteiger partial charge >= 0.3 is 0 Å². The van der Waals surface area contributed by atoms with Crippen molar-refractivity contribution in [1.29, 1.82) is 0 Å². The molecule has 96 valence electrons. The number of nitrogens with one attached hydrogen (secondary N) is 2. The fourth-order valence-corrected chi connectivity index (χ4v) is 2.48. The second-order valence-electron chi connectivity index (χ2n) is 3.61.